The van der Waals surface area contributed by atoms with E-state index in [0.717, 1.165) is 13.1 Å². The minimum Gasteiger partial charge on any atom is -0.336 e. The van der Waals surface area contributed by atoms with Gasteiger partial charge in [-0.15, -0.1) is 0 Å². The van der Waals surface area contributed by atoms with Gasteiger partial charge in [0, 0.05) is 19.1 Å². The van der Waals surface area contributed by atoms with Gasteiger partial charge in [-0.3, -0.25) is 0 Å². The number of carbonyl (C=O) groups is 1. The van der Waals surface area contributed by atoms with E-state index in [9.17, 15) is 4.79 Å². The van der Waals surface area contributed by atoms with Crippen LogP contribution in [-0.4, -0.2) is 30.1 Å². The summed E-state index contributed by atoms with van der Waals surface area (Å²) < 4.78 is 0. The second kappa shape index (κ2) is 4.67. The molecule has 0 aromatic rings. The Morgan fingerprint density at radius 1 is 1.07 bits per heavy atom. The highest BCUT2D eigenvalue weighted by Gasteiger charge is 2.27. The van der Waals surface area contributed by atoms with Crippen LogP contribution in [0.3, 0.4) is 0 Å². The molecule has 2 fully saturated rings. The molecule has 0 aromatic heterocycles. The lowest BCUT2D eigenvalue weighted by Gasteiger charge is -2.28. The Labute approximate surface area is 85.8 Å². The zero-order valence-corrected chi connectivity index (χ0v) is 8.80. The summed E-state index contributed by atoms with van der Waals surface area (Å²) in [6.07, 6.45) is 9.13. The largest absolute Gasteiger partial charge is 0.336 e. The Hall–Kier alpha value is -0.730. The van der Waals surface area contributed by atoms with Gasteiger partial charge in [0.2, 0.25) is 0 Å². The van der Waals surface area contributed by atoms with Gasteiger partial charge in [0.1, 0.15) is 0 Å². The molecule has 80 valence electrons. The molecule has 3 nitrogen and oxygen atoms in total. The summed E-state index contributed by atoms with van der Waals surface area (Å²) >= 11 is 0. The van der Waals surface area contributed by atoms with Gasteiger partial charge >= 0.3 is 6.03 Å². The SMILES string of the molecule is O=C1NCCN1C1CCCCCCC1. The Kier molecular flexibility index (Phi) is 3.27. The molecule has 0 atom stereocenters. The summed E-state index contributed by atoms with van der Waals surface area (Å²) in [6.45, 7) is 1.76. The molecule has 1 N–H and O–H groups in total. The summed E-state index contributed by atoms with van der Waals surface area (Å²) in [4.78, 5) is 13.5. The molecule has 0 unspecified atom stereocenters. The summed E-state index contributed by atoms with van der Waals surface area (Å²) in [7, 11) is 0. The predicted octanol–water partition coefficient (Wildman–Crippen LogP) is 2.12. The smallest absolute Gasteiger partial charge is 0.317 e. The van der Waals surface area contributed by atoms with Crippen molar-refractivity contribution in [2.24, 2.45) is 0 Å². The maximum absolute atomic E-state index is 11.5. The maximum Gasteiger partial charge on any atom is 0.317 e. The van der Waals surface area contributed by atoms with Gasteiger partial charge in [0.15, 0.2) is 0 Å². The van der Waals surface area contributed by atoms with Crippen molar-refractivity contribution in [3.63, 3.8) is 0 Å². The molecule has 0 radical (unpaired) electrons. The summed E-state index contributed by atoms with van der Waals surface area (Å²) in [5, 5.41) is 2.89. The highest BCUT2D eigenvalue weighted by molar-refractivity contribution is 5.76. The molecule has 1 saturated carbocycles. The van der Waals surface area contributed by atoms with Crippen molar-refractivity contribution < 1.29 is 4.79 Å². The Bertz CT molecular complexity index is 197. The van der Waals surface area contributed by atoms with Crippen molar-refractivity contribution in [2.75, 3.05) is 13.1 Å². The molecule has 2 aliphatic rings. The average Bonchev–Trinajstić information content (AvgIpc) is 2.51. The van der Waals surface area contributed by atoms with Gasteiger partial charge in [-0.05, 0) is 12.8 Å². The van der Waals surface area contributed by atoms with Crippen LogP contribution in [0.2, 0.25) is 0 Å². The second-order valence-corrected chi connectivity index (χ2v) is 4.42. The molecule has 0 spiro atoms. The highest BCUT2D eigenvalue weighted by Crippen LogP contribution is 2.22. The van der Waals surface area contributed by atoms with Crippen LogP contribution in [-0.2, 0) is 0 Å². The number of hydrogen-bond acceptors (Lipinski definition) is 1. The quantitative estimate of drug-likeness (QED) is 0.684. The summed E-state index contributed by atoms with van der Waals surface area (Å²) in [6, 6.07) is 0.688. The van der Waals surface area contributed by atoms with Crippen LogP contribution in [0.5, 0.6) is 0 Å². The lowest BCUT2D eigenvalue weighted by Crippen LogP contribution is -2.38. The molecule has 0 aromatic carbocycles. The molecule has 14 heavy (non-hydrogen) atoms. The Morgan fingerprint density at radius 3 is 2.29 bits per heavy atom. The maximum atomic E-state index is 11.5. The van der Waals surface area contributed by atoms with E-state index in [4.69, 9.17) is 0 Å². The number of rotatable bonds is 1. The van der Waals surface area contributed by atoms with Crippen LogP contribution >= 0.6 is 0 Å². The number of hydrogen-bond donors (Lipinski definition) is 1. The molecular formula is C11H20N2O. The van der Waals surface area contributed by atoms with Crippen molar-refractivity contribution in [3.8, 4) is 0 Å². The minimum absolute atomic E-state index is 0.163. The second-order valence-electron chi connectivity index (χ2n) is 4.42. The van der Waals surface area contributed by atoms with E-state index in [-0.39, 0.29) is 6.03 Å². The molecule has 2 rings (SSSR count). The van der Waals surface area contributed by atoms with Crippen LogP contribution in [0.1, 0.15) is 44.9 Å². The first-order chi connectivity index (χ1) is 6.88. The van der Waals surface area contributed by atoms with E-state index in [1.165, 1.54) is 44.9 Å². The van der Waals surface area contributed by atoms with Gasteiger partial charge in [-0.25, -0.2) is 4.79 Å². The van der Waals surface area contributed by atoms with Crippen molar-refractivity contribution >= 4 is 6.03 Å². The monoisotopic (exact) mass is 196 g/mol. The van der Waals surface area contributed by atoms with Crippen LogP contribution < -0.4 is 5.32 Å². The molecular weight excluding hydrogens is 176 g/mol. The third-order valence-corrected chi connectivity index (χ3v) is 3.41. The third kappa shape index (κ3) is 2.20. The summed E-state index contributed by atoms with van der Waals surface area (Å²) in [5.74, 6) is 0. The number of carbonyl (C=O) groups excluding carboxylic acids is 1. The first kappa shape index (κ1) is 9.81. The van der Waals surface area contributed by atoms with Crippen molar-refractivity contribution in [1.29, 1.82) is 0 Å². The fraction of sp³-hybridized carbons (Fsp3) is 0.909. The molecule has 1 aliphatic heterocycles. The average molecular weight is 196 g/mol. The lowest BCUT2D eigenvalue weighted by atomic mass is 9.96. The van der Waals surface area contributed by atoms with Crippen molar-refractivity contribution in [2.45, 2.75) is 51.0 Å². The molecule has 0 bridgehead atoms. The van der Waals surface area contributed by atoms with Crippen LogP contribution in [0.15, 0.2) is 0 Å². The van der Waals surface area contributed by atoms with E-state index < -0.39 is 0 Å². The topological polar surface area (TPSA) is 32.3 Å². The van der Waals surface area contributed by atoms with Gasteiger partial charge in [-0.1, -0.05) is 32.1 Å². The Balaban J connectivity index is 1.90. The normalized spacial score (nSPS) is 25.7. The van der Waals surface area contributed by atoms with Crippen LogP contribution in [0.25, 0.3) is 0 Å². The van der Waals surface area contributed by atoms with E-state index in [1.54, 1.807) is 0 Å². The first-order valence-electron chi connectivity index (χ1n) is 5.92. The van der Waals surface area contributed by atoms with Crippen molar-refractivity contribution in [1.82, 2.24) is 10.2 Å². The number of amides is 2. The number of urea groups is 1. The van der Waals surface area contributed by atoms with Crippen LogP contribution in [0.4, 0.5) is 4.79 Å². The van der Waals surface area contributed by atoms with Crippen LogP contribution in [0, 0.1) is 0 Å². The fourth-order valence-corrected chi connectivity index (χ4v) is 2.58. The lowest BCUT2D eigenvalue weighted by molar-refractivity contribution is 0.184. The minimum atomic E-state index is 0.163. The molecule has 3 heteroatoms. The van der Waals surface area contributed by atoms with Gasteiger partial charge in [0.25, 0.3) is 0 Å². The van der Waals surface area contributed by atoms with Crippen molar-refractivity contribution in [3.05, 3.63) is 0 Å². The summed E-state index contributed by atoms with van der Waals surface area (Å²) in [5.41, 5.74) is 0. The standard InChI is InChI=1S/C11H20N2O/c14-11-12-8-9-13(11)10-6-4-2-1-3-5-7-10/h10H,1-9H2,(H,12,14). The number of nitrogens with one attached hydrogen (secondary N) is 1. The first-order valence-corrected chi connectivity index (χ1v) is 5.92. The van der Waals surface area contributed by atoms with E-state index in [1.807, 2.05) is 4.90 Å². The molecule has 1 saturated heterocycles. The fourth-order valence-electron chi connectivity index (χ4n) is 2.58. The molecule has 1 aliphatic carbocycles. The Morgan fingerprint density at radius 2 is 1.71 bits per heavy atom. The zero-order chi connectivity index (χ0) is 9.80. The van der Waals surface area contributed by atoms with E-state index in [2.05, 4.69) is 5.32 Å². The van der Waals surface area contributed by atoms with Gasteiger partial charge in [-0.2, -0.15) is 0 Å². The highest BCUT2D eigenvalue weighted by atomic mass is 16.2. The third-order valence-electron chi connectivity index (χ3n) is 3.41. The zero-order valence-electron chi connectivity index (χ0n) is 8.80. The molecule has 1 heterocycles. The predicted molar refractivity (Wildman–Crippen MR) is 56.2 cm³/mol. The van der Waals surface area contributed by atoms with E-state index >= 15 is 0 Å². The van der Waals surface area contributed by atoms with Gasteiger partial charge in [0.05, 0.1) is 0 Å². The van der Waals surface area contributed by atoms with E-state index in [0.29, 0.717) is 6.04 Å². The molecule has 2 amide bonds. The number of nitrogens with zero attached hydrogens (tertiary/aromatic N) is 1. The van der Waals surface area contributed by atoms with Gasteiger partial charge < -0.3 is 10.2 Å².